The van der Waals surface area contributed by atoms with Crippen molar-refractivity contribution >= 4 is 6.09 Å². The van der Waals surface area contributed by atoms with Crippen LogP contribution in [-0.2, 0) is 9.47 Å². The van der Waals surface area contributed by atoms with E-state index in [1.807, 2.05) is 20.8 Å². The molecular formula is C17H32N2O3. The molecule has 2 N–H and O–H groups in total. The summed E-state index contributed by atoms with van der Waals surface area (Å²) >= 11 is 0. The average molecular weight is 312 g/mol. The van der Waals surface area contributed by atoms with E-state index in [0.29, 0.717) is 24.6 Å². The van der Waals surface area contributed by atoms with Crippen LogP contribution in [0.25, 0.3) is 0 Å². The van der Waals surface area contributed by atoms with E-state index in [1.54, 1.807) is 0 Å². The van der Waals surface area contributed by atoms with Crippen LogP contribution in [0, 0.1) is 5.92 Å². The highest BCUT2D eigenvalue weighted by molar-refractivity contribution is 5.67. The van der Waals surface area contributed by atoms with Gasteiger partial charge in [0, 0.05) is 19.2 Å². The largest absolute Gasteiger partial charge is 0.444 e. The van der Waals surface area contributed by atoms with Crippen molar-refractivity contribution in [2.75, 3.05) is 19.7 Å². The first kappa shape index (κ1) is 17.5. The fraction of sp³-hybridized carbons (Fsp3) is 0.941. The van der Waals surface area contributed by atoms with Crippen LogP contribution in [0.3, 0.4) is 0 Å². The quantitative estimate of drug-likeness (QED) is 0.792. The number of hydrogen-bond acceptors (Lipinski definition) is 4. The molecule has 0 aromatic carbocycles. The monoisotopic (exact) mass is 312 g/mol. The van der Waals surface area contributed by atoms with E-state index in [1.165, 1.54) is 32.1 Å². The van der Waals surface area contributed by atoms with E-state index in [9.17, 15) is 4.79 Å². The molecule has 0 aromatic rings. The topological polar surface area (TPSA) is 59.6 Å². The van der Waals surface area contributed by atoms with Crippen LogP contribution in [0.5, 0.6) is 0 Å². The van der Waals surface area contributed by atoms with Gasteiger partial charge < -0.3 is 20.1 Å². The van der Waals surface area contributed by atoms with Crippen LogP contribution >= 0.6 is 0 Å². The number of nitrogens with one attached hydrogen (secondary N) is 2. The van der Waals surface area contributed by atoms with E-state index >= 15 is 0 Å². The molecule has 22 heavy (non-hydrogen) atoms. The van der Waals surface area contributed by atoms with Crippen molar-refractivity contribution in [2.24, 2.45) is 5.92 Å². The Balaban J connectivity index is 1.63. The Kier molecular flexibility index (Phi) is 6.50. The Hall–Kier alpha value is -0.810. The molecule has 1 saturated carbocycles. The first-order valence-electron chi connectivity index (χ1n) is 8.76. The molecule has 1 saturated heterocycles. The summed E-state index contributed by atoms with van der Waals surface area (Å²) < 4.78 is 11.0. The smallest absolute Gasteiger partial charge is 0.407 e. The molecule has 2 aliphatic rings. The van der Waals surface area contributed by atoms with Crippen LogP contribution in [0.2, 0.25) is 0 Å². The Labute approximate surface area is 134 Å². The summed E-state index contributed by atoms with van der Waals surface area (Å²) in [6, 6.07) is 0.510. The highest BCUT2D eigenvalue weighted by Crippen LogP contribution is 2.25. The Bertz CT molecular complexity index is 348. The maximum atomic E-state index is 11.7. The standard InChI is InChI=1S/C17H32N2O3/c1-17(2,3)22-16(20)19-12-13-6-4-8-15(13)18-10-9-14-7-5-11-21-14/h13-15,18H,4-12H2,1-3H3,(H,19,20). The predicted octanol–water partition coefficient (Wildman–Crippen LogP) is 2.84. The number of ether oxygens (including phenoxy) is 2. The van der Waals surface area contributed by atoms with Crippen LogP contribution < -0.4 is 10.6 Å². The lowest BCUT2D eigenvalue weighted by atomic mass is 10.0. The molecule has 5 heteroatoms. The summed E-state index contributed by atoms with van der Waals surface area (Å²) in [5.74, 6) is 0.511. The van der Waals surface area contributed by atoms with Crippen LogP contribution in [0.4, 0.5) is 4.79 Å². The number of carbonyl (C=O) groups excluding carboxylic acids is 1. The Morgan fingerprint density at radius 2 is 2.05 bits per heavy atom. The molecule has 0 radical (unpaired) electrons. The van der Waals surface area contributed by atoms with Gasteiger partial charge in [0.25, 0.3) is 0 Å². The van der Waals surface area contributed by atoms with Gasteiger partial charge in [0.05, 0.1) is 6.10 Å². The maximum absolute atomic E-state index is 11.7. The molecule has 3 atom stereocenters. The van der Waals surface area contributed by atoms with Crippen molar-refractivity contribution in [3.63, 3.8) is 0 Å². The molecule has 1 amide bonds. The Morgan fingerprint density at radius 3 is 2.73 bits per heavy atom. The second kappa shape index (κ2) is 8.16. The van der Waals surface area contributed by atoms with Gasteiger partial charge in [0.2, 0.25) is 0 Å². The first-order valence-corrected chi connectivity index (χ1v) is 8.76. The summed E-state index contributed by atoms with van der Waals surface area (Å²) in [6.45, 7) is 8.30. The van der Waals surface area contributed by atoms with Crippen molar-refractivity contribution in [2.45, 2.75) is 77.0 Å². The third-order valence-electron chi connectivity index (χ3n) is 4.46. The highest BCUT2D eigenvalue weighted by atomic mass is 16.6. The molecule has 3 unspecified atom stereocenters. The third-order valence-corrected chi connectivity index (χ3v) is 4.46. The van der Waals surface area contributed by atoms with Gasteiger partial charge in [-0.15, -0.1) is 0 Å². The van der Waals surface area contributed by atoms with E-state index in [0.717, 1.165) is 19.6 Å². The fourth-order valence-electron chi connectivity index (χ4n) is 3.38. The van der Waals surface area contributed by atoms with Crippen LogP contribution in [-0.4, -0.2) is 43.5 Å². The molecule has 2 rings (SSSR count). The number of amides is 1. The van der Waals surface area contributed by atoms with Crippen LogP contribution in [0.1, 0.15) is 59.3 Å². The highest BCUT2D eigenvalue weighted by Gasteiger charge is 2.28. The minimum absolute atomic E-state index is 0.308. The molecule has 5 nitrogen and oxygen atoms in total. The number of hydrogen-bond donors (Lipinski definition) is 2. The molecule has 128 valence electrons. The summed E-state index contributed by atoms with van der Waals surface area (Å²) in [5, 5.41) is 6.58. The van der Waals surface area contributed by atoms with Crippen molar-refractivity contribution < 1.29 is 14.3 Å². The minimum atomic E-state index is -0.432. The van der Waals surface area contributed by atoms with Gasteiger partial charge in [-0.2, -0.15) is 0 Å². The second-order valence-corrected chi connectivity index (χ2v) is 7.56. The van der Waals surface area contributed by atoms with E-state index < -0.39 is 5.60 Å². The molecule has 1 aliphatic carbocycles. The summed E-state index contributed by atoms with van der Waals surface area (Å²) in [6.07, 6.45) is 7.26. The number of carbonyl (C=O) groups is 1. The zero-order chi connectivity index (χ0) is 16.0. The zero-order valence-corrected chi connectivity index (χ0v) is 14.3. The SMILES string of the molecule is CC(C)(C)OC(=O)NCC1CCCC1NCCC1CCCO1. The third kappa shape index (κ3) is 6.13. The maximum Gasteiger partial charge on any atom is 0.407 e. The van der Waals surface area contributed by atoms with E-state index in [-0.39, 0.29) is 6.09 Å². The van der Waals surface area contributed by atoms with Gasteiger partial charge in [0.1, 0.15) is 5.60 Å². The van der Waals surface area contributed by atoms with Gasteiger partial charge in [-0.25, -0.2) is 4.79 Å². The second-order valence-electron chi connectivity index (χ2n) is 7.56. The summed E-state index contributed by atoms with van der Waals surface area (Å²) in [7, 11) is 0. The van der Waals surface area contributed by atoms with Gasteiger partial charge in [-0.05, 0) is 65.3 Å². The van der Waals surface area contributed by atoms with Crippen LogP contribution in [0.15, 0.2) is 0 Å². The lowest BCUT2D eigenvalue weighted by Crippen LogP contribution is -2.41. The Morgan fingerprint density at radius 1 is 1.23 bits per heavy atom. The molecule has 2 fully saturated rings. The minimum Gasteiger partial charge on any atom is -0.444 e. The van der Waals surface area contributed by atoms with E-state index in [4.69, 9.17) is 9.47 Å². The molecule has 0 spiro atoms. The molecule has 0 bridgehead atoms. The molecule has 1 aliphatic heterocycles. The number of rotatable bonds is 6. The zero-order valence-electron chi connectivity index (χ0n) is 14.3. The molecule has 1 heterocycles. The summed E-state index contributed by atoms with van der Waals surface area (Å²) in [5.41, 5.74) is -0.432. The fourth-order valence-corrected chi connectivity index (χ4v) is 3.38. The lowest BCUT2D eigenvalue weighted by molar-refractivity contribution is 0.0517. The first-order chi connectivity index (χ1) is 10.4. The molecular weight excluding hydrogens is 280 g/mol. The average Bonchev–Trinajstić information content (AvgIpc) is 3.06. The molecule has 0 aromatic heterocycles. The lowest BCUT2D eigenvalue weighted by Gasteiger charge is -2.24. The van der Waals surface area contributed by atoms with Crippen molar-refractivity contribution in [1.29, 1.82) is 0 Å². The summed E-state index contributed by atoms with van der Waals surface area (Å²) in [4.78, 5) is 11.7. The van der Waals surface area contributed by atoms with Gasteiger partial charge in [-0.1, -0.05) is 6.42 Å². The van der Waals surface area contributed by atoms with Crippen molar-refractivity contribution in [3.05, 3.63) is 0 Å². The van der Waals surface area contributed by atoms with Gasteiger partial charge in [0.15, 0.2) is 0 Å². The number of alkyl carbamates (subject to hydrolysis) is 1. The van der Waals surface area contributed by atoms with E-state index in [2.05, 4.69) is 10.6 Å². The van der Waals surface area contributed by atoms with Crippen molar-refractivity contribution in [3.8, 4) is 0 Å². The normalized spacial score (nSPS) is 28.8. The predicted molar refractivity (Wildman–Crippen MR) is 87.0 cm³/mol. The van der Waals surface area contributed by atoms with Gasteiger partial charge >= 0.3 is 6.09 Å². The van der Waals surface area contributed by atoms with Crippen molar-refractivity contribution in [1.82, 2.24) is 10.6 Å². The van der Waals surface area contributed by atoms with Gasteiger partial charge in [-0.3, -0.25) is 0 Å².